The first-order chi connectivity index (χ1) is 9.70. The molecular weight excluding hydrogens is 250 g/mol. The molecule has 0 radical (unpaired) electrons. The Hall–Kier alpha value is -1.94. The molecule has 2 aromatic rings. The molecule has 0 saturated heterocycles. The molecule has 0 aliphatic heterocycles. The van der Waals surface area contributed by atoms with E-state index in [1.165, 1.54) is 0 Å². The van der Waals surface area contributed by atoms with Crippen LogP contribution in [0.1, 0.15) is 26.2 Å². The van der Waals surface area contributed by atoms with Gasteiger partial charge in [0, 0.05) is 35.3 Å². The SMILES string of the molecule is CC(CCN)CCC(=O)Nc1cccc2cnccc12. The van der Waals surface area contributed by atoms with Crippen molar-refractivity contribution in [2.24, 2.45) is 11.7 Å². The van der Waals surface area contributed by atoms with Crippen LogP contribution < -0.4 is 11.1 Å². The highest BCUT2D eigenvalue weighted by atomic mass is 16.1. The summed E-state index contributed by atoms with van der Waals surface area (Å²) in [6, 6.07) is 7.75. The number of hydrogen-bond donors (Lipinski definition) is 2. The number of benzene rings is 1. The lowest BCUT2D eigenvalue weighted by Gasteiger charge is -2.11. The second kappa shape index (κ2) is 7.01. The summed E-state index contributed by atoms with van der Waals surface area (Å²) >= 11 is 0. The molecule has 1 heterocycles. The Morgan fingerprint density at radius 1 is 1.35 bits per heavy atom. The van der Waals surface area contributed by atoms with Crippen LogP contribution in [-0.4, -0.2) is 17.4 Å². The van der Waals surface area contributed by atoms with Crippen molar-refractivity contribution in [3.63, 3.8) is 0 Å². The highest BCUT2D eigenvalue weighted by Gasteiger charge is 2.08. The normalized spacial score (nSPS) is 12.3. The fraction of sp³-hybridized carbons (Fsp3) is 0.375. The van der Waals surface area contributed by atoms with Gasteiger partial charge in [0.05, 0.1) is 0 Å². The summed E-state index contributed by atoms with van der Waals surface area (Å²) in [7, 11) is 0. The van der Waals surface area contributed by atoms with Crippen molar-refractivity contribution in [1.29, 1.82) is 0 Å². The topological polar surface area (TPSA) is 68.0 Å². The number of carbonyl (C=O) groups excluding carboxylic acids is 1. The van der Waals surface area contributed by atoms with Crippen molar-refractivity contribution in [2.45, 2.75) is 26.2 Å². The van der Waals surface area contributed by atoms with Gasteiger partial charge in [-0.2, -0.15) is 0 Å². The van der Waals surface area contributed by atoms with Gasteiger partial charge in [-0.1, -0.05) is 19.1 Å². The number of carbonyl (C=O) groups is 1. The lowest BCUT2D eigenvalue weighted by molar-refractivity contribution is -0.116. The van der Waals surface area contributed by atoms with E-state index in [1.54, 1.807) is 12.4 Å². The summed E-state index contributed by atoms with van der Waals surface area (Å²) in [6.07, 6.45) is 5.90. The molecule has 1 aromatic carbocycles. The van der Waals surface area contributed by atoms with Crippen LogP contribution in [0.15, 0.2) is 36.7 Å². The molecule has 1 amide bonds. The van der Waals surface area contributed by atoms with Gasteiger partial charge in [-0.05, 0) is 37.4 Å². The van der Waals surface area contributed by atoms with Gasteiger partial charge in [0.2, 0.25) is 5.91 Å². The second-order valence-electron chi connectivity index (χ2n) is 5.17. The maximum absolute atomic E-state index is 12.0. The van der Waals surface area contributed by atoms with Crippen LogP contribution in [0, 0.1) is 5.92 Å². The molecule has 1 atom stereocenters. The number of nitrogens with two attached hydrogens (primary N) is 1. The fourth-order valence-corrected chi connectivity index (χ4v) is 2.25. The van der Waals surface area contributed by atoms with Crippen LogP contribution in [0.5, 0.6) is 0 Å². The molecule has 106 valence electrons. The Kier molecular flexibility index (Phi) is 5.07. The van der Waals surface area contributed by atoms with Crippen molar-refractivity contribution in [3.8, 4) is 0 Å². The number of pyridine rings is 1. The van der Waals surface area contributed by atoms with Gasteiger partial charge in [-0.15, -0.1) is 0 Å². The van der Waals surface area contributed by atoms with E-state index in [0.717, 1.165) is 29.3 Å². The molecule has 1 unspecified atom stereocenters. The van der Waals surface area contributed by atoms with Crippen LogP contribution in [-0.2, 0) is 4.79 Å². The zero-order valence-corrected chi connectivity index (χ0v) is 11.8. The monoisotopic (exact) mass is 271 g/mol. The van der Waals surface area contributed by atoms with E-state index in [9.17, 15) is 4.79 Å². The molecule has 0 saturated carbocycles. The van der Waals surface area contributed by atoms with E-state index in [0.29, 0.717) is 18.9 Å². The van der Waals surface area contributed by atoms with Crippen molar-refractivity contribution in [3.05, 3.63) is 36.7 Å². The van der Waals surface area contributed by atoms with Crippen molar-refractivity contribution < 1.29 is 4.79 Å². The van der Waals surface area contributed by atoms with Crippen LogP contribution >= 0.6 is 0 Å². The quantitative estimate of drug-likeness (QED) is 0.848. The van der Waals surface area contributed by atoms with E-state index in [-0.39, 0.29) is 5.91 Å². The second-order valence-corrected chi connectivity index (χ2v) is 5.17. The number of fused-ring (bicyclic) bond motifs is 1. The van der Waals surface area contributed by atoms with Crippen LogP contribution in [0.4, 0.5) is 5.69 Å². The zero-order chi connectivity index (χ0) is 14.4. The summed E-state index contributed by atoms with van der Waals surface area (Å²) in [4.78, 5) is 16.1. The molecule has 20 heavy (non-hydrogen) atoms. The first-order valence-electron chi connectivity index (χ1n) is 7.03. The summed E-state index contributed by atoms with van der Waals surface area (Å²) in [5.74, 6) is 0.542. The van der Waals surface area contributed by atoms with E-state index in [1.807, 2.05) is 24.3 Å². The lowest BCUT2D eigenvalue weighted by atomic mass is 10.0. The molecule has 3 N–H and O–H groups in total. The largest absolute Gasteiger partial charge is 0.330 e. The van der Waals surface area contributed by atoms with Crippen LogP contribution in [0.25, 0.3) is 10.8 Å². The Bertz CT molecular complexity index is 577. The highest BCUT2D eigenvalue weighted by molar-refractivity contribution is 6.01. The van der Waals surface area contributed by atoms with E-state index >= 15 is 0 Å². The first kappa shape index (κ1) is 14.5. The predicted octanol–water partition coefficient (Wildman–Crippen LogP) is 2.94. The maximum atomic E-state index is 12.0. The van der Waals surface area contributed by atoms with Crippen LogP contribution in [0.2, 0.25) is 0 Å². The van der Waals surface area contributed by atoms with Crippen molar-refractivity contribution in [1.82, 2.24) is 4.98 Å². The highest BCUT2D eigenvalue weighted by Crippen LogP contribution is 2.22. The third-order valence-corrected chi connectivity index (χ3v) is 3.48. The molecule has 4 heteroatoms. The fourth-order valence-electron chi connectivity index (χ4n) is 2.25. The minimum Gasteiger partial charge on any atom is -0.330 e. The molecule has 0 fully saturated rings. The number of aromatic nitrogens is 1. The molecular formula is C16H21N3O. The Morgan fingerprint density at radius 2 is 2.20 bits per heavy atom. The average molecular weight is 271 g/mol. The molecule has 0 aliphatic rings. The third kappa shape index (κ3) is 3.78. The van der Waals surface area contributed by atoms with Gasteiger partial charge < -0.3 is 11.1 Å². The summed E-state index contributed by atoms with van der Waals surface area (Å²) in [5.41, 5.74) is 6.36. The Balaban J connectivity index is 1.99. The van der Waals surface area contributed by atoms with Crippen molar-refractivity contribution in [2.75, 3.05) is 11.9 Å². The van der Waals surface area contributed by atoms with Crippen LogP contribution in [0.3, 0.4) is 0 Å². The minimum absolute atomic E-state index is 0.0539. The number of anilines is 1. The smallest absolute Gasteiger partial charge is 0.224 e. The zero-order valence-electron chi connectivity index (χ0n) is 11.8. The molecule has 2 rings (SSSR count). The lowest BCUT2D eigenvalue weighted by Crippen LogP contribution is -2.14. The Morgan fingerprint density at radius 3 is 3.00 bits per heavy atom. The molecule has 4 nitrogen and oxygen atoms in total. The average Bonchev–Trinajstić information content (AvgIpc) is 2.46. The molecule has 0 aliphatic carbocycles. The maximum Gasteiger partial charge on any atom is 0.224 e. The van der Waals surface area contributed by atoms with Gasteiger partial charge in [0.15, 0.2) is 0 Å². The number of nitrogens with one attached hydrogen (secondary N) is 1. The van der Waals surface area contributed by atoms with E-state index < -0.39 is 0 Å². The number of rotatable bonds is 6. The summed E-state index contributed by atoms with van der Waals surface area (Å²) in [5, 5.41) is 5.03. The Labute approximate surface area is 119 Å². The summed E-state index contributed by atoms with van der Waals surface area (Å²) < 4.78 is 0. The van der Waals surface area contributed by atoms with Crippen molar-refractivity contribution >= 4 is 22.4 Å². The van der Waals surface area contributed by atoms with Gasteiger partial charge in [0.25, 0.3) is 0 Å². The number of nitrogens with zero attached hydrogens (tertiary/aromatic N) is 1. The standard InChI is InChI=1S/C16H21N3O/c1-12(7-9-17)5-6-16(20)19-15-4-2-3-13-11-18-10-8-14(13)15/h2-4,8,10-12H,5-7,9,17H2,1H3,(H,19,20). The van der Waals surface area contributed by atoms with Gasteiger partial charge in [0.1, 0.15) is 0 Å². The molecule has 0 spiro atoms. The number of amides is 1. The third-order valence-electron chi connectivity index (χ3n) is 3.48. The predicted molar refractivity (Wildman–Crippen MR) is 82.4 cm³/mol. The number of hydrogen-bond acceptors (Lipinski definition) is 3. The minimum atomic E-state index is 0.0539. The van der Waals surface area contributed by atoms with Gasteiger partial charge >= 0.3 is 0 Å². The van der Waals surface area contributed by atoms with E-state index in [2.05, 4.69) is 17.2 Å². The van der Waals surface area contributed by atoms with Gasteiger partial charge in [-0.25, -0.2) is 0 Å². The molecule has 1 aromatic heterocycles. The summed E-state index contributed by atoms with van der Waals surface area (Å²) in [6.45, 7) is 2.81. The van der Waals surface area contributed by atoms with Gasteiger partial charge in [-0.3, -0.25) is 9.78 Å². The first-order valence-corrected chi connectivity index (χ1v) is 7.03. The molecule has 0 bridgehead atoms. The van der Waals surface area contributed by atoms with E-state index in [4.69, 9.17) is 5.73 Å².